The Labute approximate surface area is 91.5 Å². The van der Waals surface area contributed by atoms with Gasteiger partial charge in [0.25, 0.3) is 0 Å². The molecular weight excluding hydrogens is 190 g/mol. The van der Waals surface area contributed by atoms with Gasteiger partial charge in [-0.2, -0.15) is 5.26 Å². The third-order valence-electron chi connectivity index (χ3n) is 3.26. The summed E-state index contributed by atoms with van der Waals surface area (Å²) >= 11 is 0. The second-order valence-electron chi connectivity index (χ2n) is 4.09. The number of amides is 1. The van der Waals surface area contributed by atoms with Crippen molar-refractivity contribution in [2.45, 2.75) is 38.8 Å². The van der Waals surface area contributed by atoms with Crippen LogP contribution in [-0.4, -0.2) is 47.9 Å². The van der Waals surface area contributed by atoms with Gasteiger partial charge in [-0.3, -0.25) is 9.69 Å². The second kappa shape index (κ2) is 5.13. The van der Waals surface area contributed by atoms with E-state index in [1.807, 2.05) is 14.0 Å². The second-order valence-corrected chi connectivity index (χ2v) is 4.09. The maximum Gasteiger partial charge on any atom is 0.240 e. The first-order valence-corrected chi connectivity index (χ1v) is 5.49. The molecule has 2 unspecified atom stereocenters. The molecule has 0 saturated carbocycles. The quantitative estimate of drug-likeness (QED) is 0.677. The van der Waals surface area contributed by atoms with Gasteiger partial charge < -0.3 is 4.90 Å². The summed E-state index contributed by atoms with van der Waals surface area (Å²) < 4.78 is 0. The van der Waals surface area contributed by atoms with E-state index >= 15 is 0 Å². The van der Waals surface area contributed by atoms with Gasteiger partial charge in [-0.1, -0.05) is 6.92 Å². The molecule has 1 rings (SSSR count). The smallest absolute Gasteiger partial charge is 0.240 e. The van der Waals surface area contributed by atoms with Crippen molar-refractivity contribution in [3.05, 3.63) is 0 Å². The number of hydrogen-bond donors (Lipinski definition) is 0. The lowest BCUT2D eigenvalue weighted by molar-refractivity contribution is -0.135. The predicted octanol–water partition coefficient (Wildman–Crippen LogP) is 0.841. The van der Waals surface area contributed by atoms with E-state index in [1.165, 1.54) is 0 Å². The van der Waals surface area contributed by atoms with Crippen molar-refractivity contribution < 1.29 is 4.79 Å². The zero-order valence-electron chi connectivity index (χ0n) is 9.73. The molecule has 4 heteroatoms. The molecule has 1 aliphatic rings. The maximum absolute atomic E-state index is 12.0. The van der Waals surface area contributed by atoms with Crippen LogP contribution in [0.25, 0.3) is 0 Å². The first kappa shape index (κ1) is 12.0. The summed E-state index contributed by atoms with van der Waals surface area (Å²) in [5, 5.41) is 8.75. The van der Waals surface area contributed by atoms with Gasteiger partial charge in [0.05, 0.1) is 12.5 Å². The van der Waals surface area contributed by atoms with E-state index < -0.39 is 0 Å². The summed E-state index contributed by atoms with van der Waals surface area (Å²) in [5.74, 6) is 0.0865. The molecule has 0 aromatic heterocycles. The largest absolute Gasteiger partial charge is 0.342 e. The molecular formula is C11H19N3O. The Kier molecular flexibility index (Phi) is 4.10. The third-order valence-corrected chi connectivity index (χ3v) is 3.26. The number of rotatable bonds is 2. The number of likely N-dealkylation sites (N-methyl/N-ethyl adjacent to an activating group) is 2. The Morgan fingerprint density at radius 3 is 2.80 bits per heavy atom. The van der Waals surface area contributed by atoms with Crippen LogP contribution in [0.1, 0.15) is 26.7 Å². The predicted molar refractivity (Wildman–Crippen MR) is 58.1 cm³/mol. The van der Waals surface area contributed by atoms with E-state index in [9.17, 15) is 4.79 Å². The summed E-state index contributed by atoms with van der Waals surface area (Å²) in [6.07, 6.45) is 1.28. The Balaban J connectivity index is 2.86. The van der Waals surface area contributed by atoms with Crippen LogP contribution in [0.4, 0.5) is 0 Å². The summed E-state index contributed by atoms with van der Waals surface area (Å²) in [7, 11) is 1.83. The molecule has 1 amide bonds. The normalized spacial score (nSPS) is 28.7. The van der Waals surface area contributed by atoms with Gasteiger partial charge >= 0.3 is 0 Å². The fraction of sp³-hybridized carbons (Fsp3) is 0.818. The van der Waals surface area contributed by atoms with Crippen LogP contribution in [0, 0.1) is 11.3 Å². The summed E-state index contributed by atoms with van der Waals surface area (Å²) in [4.78, 5) is 15.9. The van der Waals surface area contributed by atoms with Crippen molar-refractivity contribution in [2.75, 3.05) is 20.1 Å². The first-order chi connectivity index (χ1) is 7.11. The Hall–Kier alpha value is -1.08. The van der Waals surface area contributed by atoms with E-state index in [0.717, 1.165) is 19.5 Å². The van der Waals surface area contributed by atoms with E-state index in [1.54, 1.807) is 4.90 Å². The van der Waals surface area contributed by atoms with Crippen molar-refractivity contribution >= 4 is 5.91 Å². The van der Waals surface area contributed by atoms with Crippen molar-refractivity contribution in [3.63, 3.8) is 0 Å². The lowest BCUT2D eigenvalue weighted by Gasteiger charge is -2.27. The lowest BCUT2D eigenvalue weighted by Crippen LogP contribution is -2.45. The zero-order chi connectivity index (χ0) is 11.4. The van der Waals surface area contributed by atoms with Gasteiger partial charge in [0.2, 0.25) is 5.91 Å². The minimum absolute atomic E-state index is 0.0865. The molecule has 0 radical (unpaired) electrons. The molecule has 0 aromatic carbocycles. The fourth-order valence-electron chi connectivity index (χ4n) is 1.99. The third kappa shape index (κ3) is 2.48. The van der Waals surface area contributed by atoms with Gasteiger partial charge in [-0.25, -0.2) is 0 Å². The minimum Gasteiger partial charge on any atom is -0.342 e. The van der Waals surface area contributed by atoms with Crippen LogP contribution in [0.5, 0.6) is 0 Å². The van der Waals surface area contributed by atoms with E-state index in [4.69, 9.17) is 5.26 Å². The summed E-state index contributed by atoms with van der Waals surface area (Å²) in [6.45, 7) is 5.83. The molecule has 0 spiro atoms. The molecule has 0 aromatic rings. The highest BCUT2D eigenvalue weighted by atomic mass is 16.2. The average molecular weight is 209 g/mol. The van der Waals surface area contributed by atoms with Gasteiger partial charge in [-0.15, -0.1) is 0 Å². The van der Waals surface area contributed by atoms with Crippen LogP contribution in [0.3, 0.4) is 0 Å². The van der Waals surface area contributed by atoms with Crippen molar-refractivity contribution in [3.8, 4) is 6.07 Å². The van der Waals surface area contributed by atoms with Crippen LogP contribution in [-0.2, 0) is 4.79 Å². The van der Waals surface area contributed by atoms with E-state index in [-0.39, 0.29) is 18.0 Å². The number of nitriles is 1. The highest BCUT2D eigenvalue weighted by Crippen LogP contribution is 2.16. The zero-order valence-corrected chi connectivity index (χ0v) is 9.73. The molecule has 0 bridgehead atoms. The highest BCUT2D eigenvalue weighted by molar-refractivity contribution is 5.82. The number of carbonyl (C=O) groups excluding carboxylic acids is 1. The molecule has 1 saturated heterocycles. The van der Waals surface area contributed by atoms with E-state index in [0.29, 0.717) is 6.42 Å². The Bertz CT molecular complexity index is 271. The molecule has 15 heavy (non-hydrogen) atoms. The fourth-order valence-corrected chi connectivity index (χ4v) is 1.99. The Morgan fingerprint density at radius 1 is 1.60 bits per heavy atom. The lowest BCUT2D eigenvalue weighted by atomic mass is 10.1. The average Bonchev–Trinajstić information content (AvgIpc) is 2.33. The molecule has 0 aliphatic carbocycles. The SMILES string of the molecule is CCN1CCC(C)N(C)C(=O)C1CC#N. The molecule has 4 nitrogen and oxygen atoms in total. The molecule has 1 heterocycles. The van der Waals surface area contributed by atoms with Crippen molar-refractivity contribution in [1.29, 1.82) is 5.26 Å². The monoisotopic (exact) mass is 209 g/mol. The molecule has 1 aliphatic heterocycles. The van der Waals surface area contributed by atoms with Crippen molar-refractivity contribution in [1.82, 2.24) is 9.80 Å². The topological polar surface area (TPSA) is 47.3 Å². The van der Waals surface area contributed by atoms with Crippen LogP contribution in [0.15, 0.2) is 0 Å². The van der Waals surface area contributed by atoms with Crippen LogP contribution >= 0.6 is 0 Å². The first-order valence-electron chi connectivity index (χ1n) is 5.49. The van der Waals surface area contributed by atoms with Gasteiger partial charge in [-0.05, 0) is 19.9 Å². The van der Waals surface area contributed by atoms with E-state index in [2.05, 4.69) is 17.9 Å². The van der Waals surface area contributed by atoms with Crippen LogP contribution in [0.2, 0.25) is 0 Å². The van der Waals surface area contributed by atoms with Gasteiger partial charge in [0.15, 0.2) is 0 Å². The molecule has 84 valence electrons. The summed E-state index contributed by atoms with van der Waals surface area (Å²) in [5.41, 5.74) is 0. The highest BCUT2D eigenvalue weighted by Gasteiger charge is 2.32. The molecule has 2 atom stereocenters. The summed E-state index contributed by atoms with van der Waals surface area (Å²) in [6, 6.07) is 2.14. The molecule has 0 N–H and O–H groups in total. The van der Waals surface area contributed by atoms with Gasteiger partial charge in [0, 0.05) is 19.6 Å². The van der Waals surface area contributed by atoms with Crippen molar-refractivity contribution in [2.24, 2.45) is 0 Å². The number of nitrogens with zero attached hydrogens (tertiary/aromatic N) is 3. The number of hydrogen-bond acceptors (Lipinski definition) is 3. The minimum atomic E-state index is -0.241. The van der Waals surface area contributed by atoms with Crippen LogP contribution < -0.4 is 0 Å². The van der Waals surface area contributed by atoms with Gasteiger partial charge in [0.1, 0.15) is 6.04 Å². The number of carbonyl (C=O) groups is 1. The Morgan fingerprint density at radius 2 is 2.27 bits per heavy atom. The maximum atomic E-state index is 12.0. The molecule has 1 fully saturated rings. The standard InChI is InChI=1S/C11H19N3O/c1-4-14-8-6-9(2)13(3)11(15)10(14)5-7-12/h9-10H,4-6,8H2,1-3H3.